The molecular formula is C11H19BLi. The molecule has 0 unspecified atom stereocenters. The average molecular weight is 169 g/mol. The summed E-state index contributed by atoms with van der Waals surface area (Å²) in [5.41, 5.74) is 0. The second kappa shape index (κ2) is 5.32. The normalized spacial score (nSPS) is 32.2. The van der Waals surface area contributed by atoms with Crippen LogP contribution in [0.1, 0.15) is 38.5 Å². The van der Waals surface area contributed by atoms with Gasteiger partial charge in [-0.25, -0.2) is 0 Å². The Morgan fingerprint density at radius 1 is 1.08 bits per heavy atom. The number of allylic oxidation sites excluding steroid dienone is 1. The van der Waals surface area contributed by atoms with Crippen LogP contribution in [0.4, 0.5) is 0 Å². The topological polar surface area (TPSA) is 0 Å². The predicted molar refractivity (Wildman–Crippen MR) is 61.7 cm³/mol. The number of fused-ring (bicyclic) bond motifs is 2. The first-order chi connectivity index (χ1) is 5.92. The molecule has 2 bridgehead atoms. The molecule has 2 fully saturated rings. The summed E-state index contributed by atoms with van der Waals surface area (Å²) in [6, 6.07) is 0. The summed E-state index contributed by atoms with van der Waals surface area (Å²) in [5, 5.41) is 0. The zero-order valence-electron chi connectivity index (χ0n) is 8.97. The molecule has 0 aromatic rings. The molecule has 2 rings (SSSR count). The molecule has 0 aliphatic carbocycles. The molecule has 0 saturated carbocycles. The Morgan fingerprint density at radius 3 is 1.92 bits per heavy atom. The van der Waals surface area contributed by atoms with Crippen LogP contribution in [0.25, 0.3) is 0 Å². The maximum absolute atomic E-state index is 3.88. The molecule has 0 amide bonds. The van der Waals surface area contributed by atoms with E-state index in [-0.39, 0.29) is 18.9 Å². The van der Waals surface area contributed by atoms with Crippen molar-refractivity contribution in [1.82, 2.24) is 0 Å². The third kappa shape index (κ3) is 2.45. The van der Waals surface area contributed by atoms with Crippen molar-refractivity contribution in [1.29, 1.82) is 0 Å². The Kier molecular flexibility index (Phi) is 4.70. The first-order valence-corrected chi connectivity index (χ1v) is 5.52. The molecule has 2 aliphatic rings. The van der Waals surface area contributed by atoms with Crippen LogP contribution in [0, 0.1) is 0 Å². The first kappa shape index (κ1) is 11.5. The second-order valence-electron chi connectivity index (χ2n) is 4.57. The zero-order valence-corrected chi connectivity index (χ0v) is 8.97. The number of hydrogen-bond donors (Lipinski definition) is 0. The van der Waals surface area contributed by atoms with Gasteiger partial charge in [0.25, 0.3) is 0 Å². The van der Waals surface area contributed by atoms with Gasteiger partial charge in [0.1, 0.15) is 6.71 Å². The van der Waals surface area contributed by atoms with Gasteiger partial charge in [0.15, 0.2) is 0 Å². The SMILES string of the molecule is C=CCB1C2CCCC1CCC2.[Li]. The van der Waals surface area contributed by atoms with Crippen LogP contribution in [0.3, 0.4) is 0 Å². The van der Waals surface area contributed by atoms with Crippen LogP contribution in [0.15, 0.2) is 12.7 Å². The van der Waals surface area contributed by atoms with Crippen LogP contribution < -0.4 is 0 Å². The van der Waals surface area contributed by atoms with Gasteiger partial charge in [-0.2, -0.15) is 0 Å². The van der Waals surface area contributed by atoms with Crippen molar-refractivity contribution in [3.8, 4) is 0 Å². The fourth-order valence-electron chi connectivity index (χ4n) is 3.39. The summed E-state index contributed by atoms with van der Waals surface area (Å²) < 4.78 is 0. The molecule has 1 radical (unpaired) electrons. The van der Waals surface area contributed by atoms with E-state index in [4.69, 9.17) is 0 Å². The van der Waals surface area contributed by atoms with Crippen molar-refractivity contribution in [2.24, 2.45) is 0 Å². The Bertz CT molecular complexity index is 147. The van der Waals surface area contributed by atoms with Gasteiger partial charge in [-0.3, -0.25) is 0 Å². The third-order valence-electron chi connectivity index (χ3n) is 3.95. The van der Waals surface area contributed by atoms with E-state index in [9.17, 15) is 0 Å². The van der Waals surface area contributed by atoms with Crippen molar-refractivity contribution < 1.29 is 0 Å². The average Bonchev–Trinajstić information content (AvgIpc) is 2.04. The van der Waals surface area contributed by atoms with Gasteiger partial charge in [0.05, 0.1) is 0 Å². The molecule has 2 saturated heterocycles. The van der Waals surface area contributed by atoms with Gasteiger partial charge in [-0.15, -0.1) is 6.58 Å². The van der Waals surface area contributed by atoms with Gasteiger partial charge in [0, 0.05) is 18.9 Å². The summed E-state index contributed by atoms with van der Waals surface area (Å²) >= 11 is 0. The largest absolute Gasteiger partial charge is 0.150 e. The van der Waals surface area contributed by atoms with Gasteiger partial charge in [0.2, 0.25) is 0 Å². The van der Waals surface area contributed by atoms with Gasteiger partial charge < -0.3 is 0 Å². The van der Waals surface area contributed by atoms with Crippen LogP contribution in [-0.2, 0) is 0 Å². The molecule has 0 aromatic heterocycles. The molecule has 0 nitrogen and oxygen atoms in total. The van der Waals surface area contributed by atoms with Crippen LogP contribution in [0.5, 0.6) is 0 Å². The summed E-state index contributed by atoms with van der Waals surface area (Å²) in [6.45, 7) is 4.90. The van der Waals surface area contributed by atoms with Gasteiger partial charge >= 0.3 is 0 Å². The monoisotopic (exact) mass is 169 g/mol. The first-order valence-electron chi connectivity index (χ1n) is 5.52. The van der Waals surface area contributed by atoms with E-state index >= 15 is 0 Å². The predicted octanol–water partition coefficient (Wildman–Crippen LogP) is 3.39. The molecule has 2 aliphatic heterocycles. The van der Waals surface area contributed by atoms with E-state index in [0.29, 0.717) is 0 Å². The fraction of sp³-hybridized carbons (Fsp3) is 0.818. The van der Waals surface area contributed by atoms with Gasteiger partial charge in [-0.1, -0.05) is 62.6 Å². The van der Waals surface area contributed by atoms with E-state index in [1.54, 1.807) is 0 Å². The van der Waals surface area contributed by atoms with Gasteiger partial charge in [-0.05, 0) is 0 Å². The Morgan fingerprint density at radius 2 is 1.54 bits per heavy atom. The van der Waals surface area contributed by atoms with E-state index in [2.05, 4.69) is 12.7 Å². The molecular weight excluding hydrogens is 150 g/mol. The van der Waals surface area contributed by atoms with E-state index in [1.165, 1.54) is 44.8 Å². The quantitative estimate of drug-likeness (QED) is 0.439. The Balaban J connectivity index is 0.000000845. The van der Waals surface area contributed by atoms with Crippen molar-refractivity contribution in [2.75, 3.05) is 0 Å². The molecule has 67 valence electrons. The standard InChI is InChI=1S/C11H19B.Li/c1-2-9-12-10-5-3-6-11(12)8-4-7-10;/h2,10-11H,1,3-9H2;. The zero-order chi connectivity index (χ0) is 8.39. The van der Waals surface area contributed by atoms with Crippen LogP contribution >= 0.6 is 0 Å². The molecule has 0 aromatic carbocycles. The van der Waals surface area contributed by atoms with Crippen molar-refractivity contribution >= 4 is 25.6 Å². The van der Waals surface area contributed by atoms with Crippen molar-refractivity contribution in [3.05, 3.63) is 12.7 Å². The van der Waals surface area contributed by atoms with Crippen LogP contribution in [0.2, 0.25) is 18.0 Å². The summed E-state index contributed by atoms with van der Waals surface area (Å²) in [7, 11) is 0. The minimum atomic E-state index is 0. The Hall–Kier alpha value is 0.402. The molecule has 2 heterocycles. The molecule has 0 N–H and O–H groups in total. The van der Waals surface area contributed by atoms with Crippen molar-refractivity contribution in [2.45, 2.75) is 56.5 Å². The second-order valence-corrected chi connectivity index (χ2v) is 4.57. The van der Waals surface area contributed by atoms with E-state index in [0.717, 1.165) is 18.3 Å². The summed E-state index contributed by atoms with van der Waals surface area (Å²) in [5.74, 6) is 2.13. The van der Waals surface area contributed by atoms with Crippen LogP contribution in [-0.4, -0.2) is 25.6 Å². The Labute approximate surface area is 94.8 Å². The van der Waals surface area contributed by atoms with E-state index in [1.807, 2.05) is 0 Å². The fourth-order valence-corrected chi connectivity index (χ4v) is 3.39. The third-order valence-corrected chi connectivity index (χ3v) is 3.95. The number of rotatable bonds is 2. The minimum absolute atomic E-state index is 0. The number of hydrogen-bond acceptors (Lipinski definition) is 0. The maximum Gasteiger partial charge on any atom is 0.150 e. The molecule has 0 atom stereocenters. The smallest absolute Gasteiger partial charge is 0.104 e. The van der Waals surface area contributed by atoms with Crippen molar-refractivity contribution in [3.63, 3.8) is 0 Å². The molecule has 13 heavy (non-hydrogen) atoms. The summed E-state index contributed by atoms with van der Waals surface area (Å²) in [4.78, 5) is 0. The van der Waals surface area contributed by atoms with E-state index < -0.39 is 0 Å². The molecule has 0 spiro atoms. The summed E-state index contributed by atoms with van der Waals surface area (Å²) in [6.07, 6.45) is 12.5. The molecule has 2 heteroatoms. The minimum Gasteiger partial charge on any atom is -0.104 e. The maximum atomic E-state index is 3.88.